The van der Waals surface area contributed by atoms with Crippen LogP contribution in [0.2, 0.25) is 0 Å². The van der Waals surface area contributed by atoms with Crippen molar-refractivity contribution in [2.24, 2.45) is 5.73 Å². The standard InChI is InChI=1S/C13H18N2O2/c1-9-3-4-12(17-2)10(7-9)11-8-13(16)15(11)6-5-14/h3-4,7,11H,5-6,8,14H2,1-2H3. The molecule has 1 aliphatic heterocycles. The summed E-state index contributed by atoms with van der Waals surface area (Å²) in [5.41, 5.74) is 7.77. The zero-order valence-corrected chi connectivity index (χ0v) is 10.3. The molecular weight excluding hydrogens is 216 g/mol. The Labute approximate surface area is 101 Å². The van der Waals surface area contributed by atoms with Crippen molar-refractivity contribution >= 4 is 5.91 Å². The Hall–Kier alpha value is -1.55. The monoisotopic (exact) mass is 234 g/mol. The number of hydrogen-bond acceptors (Lipinski definition) is 3. The van der Waals surface area contributed by atoms with Crippen LogP contribution in [-0.2, 0) is 4.79 Å². The zero-order valence-electron chi connectivity index (χ0n) is 10.3. The second-order valence-electron chi connectivity index (χ2n) is 4.34. The van der Waals surface area contributed by atoms with Gasteiger partial charge >= 0.3 is 0 Å². The number of amides is 1. The SMILES string of the molecule is COc1ccc(C)cc1C1CC(=O)N1CCN. The van der Waals surface area contributed by atoms with E-state index in [1.807, 2.05) is 24.0 Å². The fourth-order valence-electron chi connectivity index (χ4n) is 2.27. The number of nitrogens with zero attached hydrogens (tertiary/aromatic N) is 1. The molecule has 2 rings (SSSR count). The van der Waals surface area contributed by atoms with E-state index in [2.05, 4.69) is 6.07 Å². The predicted octanol–water partition coefficient (Wildman–Crippen LogP) is 1.24. The van der Waals surface area contributed by atoms with E-state index >= 15 is 0 Å². The Balaban J connectivity index is 2.27. The van der Waals surface area contributed by atoms with Crippen LogP contribution in [0.1, 0.15) is 23.6 Å². The normalized spacial score (nSPS) is 19.1. The van der Waals surface area contributed by atoms with Gasteiger partial charge in [0.25, 0.3) is 0 Å². The lowest BCUT2D eigenvalue weighted by atomic mass is 9.92. The van der Waals surface area contributed by atoms with E-state index in [9.17, 15) is 4.79 Å². The molecule has 0 radical (unpaired) electrons. The summed E-state index contributed by atoms with van der Waals surface area (Å²) in [5, 5.41) is 0. The number of carbonyl (C=O) groups is 1. The number of likely N-dealkylation sites (tertiary alicyclic amines) is 1. The Morgan fingerprint density at radius 3 is 2.88 bits per heavy atom. The van der Waals surface area contributed by atoms with E-state index in [0.29, 0.717) is 19.5 Å². The van der Waals surface area contributed by atoms with Gasteiger partial charge in [0.2, 0.25) is 5.91 Å². The molecule has 1 unspecified atom stereocenters. The minimum atomic E-state index is 0.126. The number of nitrogens with two attached hydrogens (primary N) is 1. The first kappa shape index (κ1) is 11.9. The van der Waals surface area contributed by atoms with Gasteiger partial charge in [-0.05, 0) is 13.0 Å². The molecule has 0 saturated carbocycles. The summed E-state index contributed by atoms with van der Waals surface area (Å²) in [6, 6.07) is 6.17. The van der Waals surface area contributed by atoms with Crippen molar-refractivity contribution in [1.29, 1.82) is 0 Å². The second kappa shape index (κ2) is 4.75. The van der Waals surface area contributed by atoms with Crippen LogP contribution in [0.5, 0.6) is 5.75 Å². The van der Waals surface area contributed by atoms with Crippen LogP contribution in [0.25, 0.3) is 0 Å². The lowest BCUT2D eigenvalue weighted by Gasteiger charge is -2.41. The molecule has 1 saturated heterocycles. The van der Waals surface area contributed by atoms with Gasteiger partial charge in [0.15, 0.2) is 0 Å². The predicted molar refractivity (Wildman–Crippen MR) is 65.9 cm³/mol. The van der Waals surface area contributed by atoms with Crippen molar-refractivity contribution in [2.45, 2.75) is 19.4 Å². The molecule has 0 aromatic heterocycles. The summed E-state index contributed by atoms with van der Waals surface area (Å²) in [6.45, 7) is 3.15. The summed E-state index contributed by atoms with van der Waals surface area (Å²) in [7, 11) is 1.65. The van der Waals surface area contributed by atoms with E-state index in [0.717, 1.165) is 11.3 Å². The highest BCUT2D eigenvalue weighted by Crippen LogP contribution is 2.39. The Bertz CT molecular complexity index is 431. The highest BCUT2D eigenvalue weighted by atomic mass is 16.5. The lowest BCUT2D eigenvalue weighted by molar-refractivity contribution is -0.146. The van der Waals surface area contributed by atoms with E-state index in [1.54, 1.807) is 7.11 Å². The van der Waals surface area contributed by atoms with E-state index < -0.39 is 0 Å². The smallest absolute Gasteiger partial charge is 0.225 e. The minimum absolute atomic E-state index is 0.126. The lowest BCUT2D eigenvalue weighted by Crippen LogP contribution is -2.48. The van der Waals surface area contributed by atoms with Crippen molar-refractivity contribution in [1.82, 2.24) is 4.90 Å². The van der Waals surface area contributed by atoms with Gasteiger partial charge in [-0.15, -0.1) is 0 Å². The Kier molecular flexibility index (Phi) is 3.33. The number of aryl methyl sites for hydroxylation is 1. The molecule has 1 amide bonds. The summed E-state index contributed by atoms with van der Waals surface area (Å²) in [6.07, 6.45) is 0.555. The maximum atomic E-state index is 11.5. The quantitative estimate of drug-likeness (QED) is 0.797. The third-order valence-electron chi connectivity index (χ3n) is 3.18. The number of β-lactam (4-membered cyclic amide) rings is 1. The fourth-order valence-corrected chi connectivity index (χ4v) is 2.27. The molecule has 2 N–H and O–H groups in total. The number of carbonyl (C=O) groups excluding carboxylic acids is 1. The minimum Gasteiger partial charge on any atom is -0.496 e. The summed E-state index contributed by atoms with van der Waals surface area (Å²) >= 11 is 0. The first-order valence-electron chi connectivity index (χ1n) is 5.81. The van der Waals surface area contributed by atoms with Crippen molar-refractivity contribution in [3.05, 3.63) is 29.3 Å². The maximum Gasteiger partial charge on any atom is 0.225 e. The van der Waals surface area contributed by atoms with Crippen LogP contribution in [0.15, 0.2) is 18.2 Å². The van der Waals surface area contributed by atoms with Crippen molar-refractivity contribution in [3.8, 4) is 5.75 Å². The first-order valence-corrected chi connectivity index (χ1v) is 5.81. The largest absolute Gasteiger partial charge is 0.496 e. The molecule has 1 atom stereocenters. The van der Waals surface area contributed by atoms with Crippen molar-refractivity contribution < 1.29 is 9.53 Å². The molecule has 1 heterocycles. The first-order chi connectivity index (χ1) is 8.17. The van der Waals surface area contributed by atoms with E-state index in [4.69, 9.17) is 10.5 Å². The van der Waals surface area contributed by atoms with Gasteiger partial charge in [0, 0.05) is 18.7 Å². The van der Waals surface area contributed by atoms with Crippen molar-refractivity contribution in [3.63, 3.8) is 0 Å². The molecule has 4 nitrogen and oxygen atoms in total. The molecule has 1 aliphatic rings. The molecule has 0 spiro atoms. The second-order valence-corrected chi connectivity index (χ2v) is 4.34. The van der Waals surface area contributed by atoms with Crippen LogP contribution >= 0.6 is 0 Å². The third-order valence-corrected chi connectivity index (χ3v) is 3.18. The van der Waals surface area contributed by atoms with Crippen LogP contribution in [0.4, 0.5) is 0 Å². The maximum absolute atomic E-state index is 11.5. The highest BCUT2D eigenvalue weighted by molar-refractivity contribution is 5.84. The van der Waals surface area contributed by atoms with E-state index in [-0.39, 0.29) is 11.9 Å². The fraction of sp³-hybridized carbons (Fsp3) is 0.462. The van der Waals surface area contributed by atoms with Gasteiger partial charge in [0.1, 0.15) is 5.75 Å². The van der Waals surface area contributed by atoms with Gasteiger partial charge in [-0.1, -0.05) is 17.7 Å². The zero-order chi connectivity index (χ0) is 12.4. The summed E-state index contributed by atoms with van der Waals surface area (Å²) in [4.78, 5) is 13.3. The average molecular weight is 234 g/mol. The summed E-state index contributed by atoms with van der Waals surface area (Å²) < 4.78 is 5.35. The molecule has 92 valence electrons. The van der Waals surface area contributed by atoms with Gasteiger partial charge in [-0.3, -0.25) is 4.79 Å². The average Bonchev–Trinajstić information content (AvgIpc) is 2.33. The molecular formula is C13H18N2O2. The highest BCUT2D eigenvalue weighted by Gasteiger charge is 2.37. The topological polar surface area (TPSA) is 55.6 Å². The van der Waals surface area contributed by atoms with Gasteiger partial charge in [-0.2, -0.15) is 0 Å². The Morgan fingerprint density at radius 2 is 2.29 bits per heavy atom. The number of methoxy groups -OCH3 is 1. The number of rotatable bonds is 4. The van der Waals surface area contributed by atoms with Gasteiger partial charge in [-0.25, -0.2) is 0 Å². The van der Waals surface area contributed by atoms with E-state index in [1.165, 1.54) is 5.56 Å². The van der Waals surface area contributed by atoms with Gasteiger partial charge < -0.3 is 15.4 Å². The third kappa shape index (κ3) is 2.13. The molecule has 0 aliphatic carbocycles. The van der Waals surface area contributed by atoms with Crippen LogP contribution < -0.4 is 10.5 Å². The van der Waals surface area contributed by atoms with Gasteiger partial charge in [0.05, 0.1) is 19.6 Å². The number of benzene rings is 1. The molecule has 17 heavy (non-hydrogen) atoms. The molecule has 4 heteroatoms. The molecule has 1 aromatic rings. The number of ether oxygens (including phenoxy) is 1. The Morgan fingerprint density at radius 1 is 1.53 bits per heavy atom. The van der Waals surface area contributed by atoms with Crippen LogP contribution in [0.3, 0.4) is 0 Å². The van der Waals surface area contributed by atoms with Crippen LogP contribution in [0, 0.1) is 6.92 Å². The summed E-state index contributed by atoms with van der Waals surface area (Å²) in [5.74, 6) is 1.01. The van der Waals surface area contributed by atoms with Crippen LogP contribution in [-0.4, -0.2) is 31.0 Å². The molecule has 0 bridgehead atoms. The molecule has 1 fully saturated rings. The molecule has 1 aromatic carbocycles. The van der Waals surface area contributed by atoms with Crippen molar-refractivity contribution in [2.75, 3.05) is 20.2 Å². The number of hydrogen-bond donors (Lipinski definition) is 1.